The smallest absolute Gasteiger partial charge is 0.208 e. The minimum Gasteiger partial charge on any atom is -0.444 e. The van der Waals surface area contributed by atoms with Crippen LogP contribution in [0.4, 0.5) is 0 Å². The van der Waals surface area contributed by atoms with E-state index in [9.17, 15) is 0 Å². The predicted octanol–water partition coefficient (Wildman–Crippen LogP) is 4.87. The molecule has 0 spiro atoms. The quantitative estimate of drug-likeness (QED) is 0.298. The fourth-order valence-electron chi connectivity index (χ4n) is 3.75. The van der Waals surface area contributed by atoms with Crippen molar-refractivity contribution in [1.82, 2.24) is 20.1 Å². The van der Waals surface area contributed by atoms with Gasteiger partial charge in [-0.25, -0.2) is 4.98 Å². The molecule has 2 heterocycles. The largest absolute Gasteiger partial charge is 0.444 e. The van der Waals surface area contributed by atoms with Crippen LogP contribution in [0, 0.1) is 19.8 Å². The first-order valence-corrected chi connectivity index (χ1v) is 11.2. The zero-order valence-electron chi connectivity index (χ0n) is 19.0. The number of piperidine rings is 1. The lowest BCUT2D eigenvalue weighted by Gasteiger charge is -2.30. The van der Waals surface area contributed by atoms with Crippen molar-refractivity contribution in [1.29, 1.82) is 0 Å². The van der Waals surface area contributed by atoms with Crippen molar-refractivity contribution in [3.05, 3.63) is 52.2 Å². The summed E-state index contributed by atoms with van der Waals surface area (Å²) in [7, 11) is 2.08. The Balaban J connectivity index is 0.00000341. The van der Waals surface area contributed by atoms with Crippen LogP contribution in [0.5, 0.6) is 0 Å². The molecule has 31 heavy (non-hydrogen) atoms. The number of hydrogen-bond donors (Lipinski definition) is 1. The lowest BCUT2D eigenvalue weighted by atomic mass is 9.97. The third-order valence-corrected chi connectivity index (χ3v) is 5.92. The number of rotatable bonds is 7. The standard InChI is InChI=1S/C23H34ClN5O.HI/c1-5-25-23(28(4)15-20-6-8-21(24)9-7-20)26-14-19-10-12-29(13-11-19)16-22-27-17(2)18(3)30-22;/h6-9,19H,5,10-16H2,1-4H3,(H,25,26);1H. The summed E-state index contributed by atoms with van der Waals surface area (Å²) in [6.07, 6.45) is 2.31. The molecule has 1 saturated heterocycles. The molecular formula is C23H35ClIN5O. The van der Waals surface area contributed by atoms with E-state index in [0.29, 0.717) is 5.92 Å². The second kappa shape index (κ2) is 12.6. The molecule has 0 unspecified atom stereocenters. The summed E-state index contributed by atoms with van der Waals surface area (Å²) in [4.78, 5) is 14.1. The van der Waals surface area contributed by atoms with E-state index in [2.05, 4.69) is 46.2 Å². The molecule has 172 valence electrons. The van der Waals surface area contributed by atoms with Gasteiger partial charge >= 0.3 is 0 Å². The predicted molar refractivity (Wildman–Crippen MR) is 138 cm³/mol. The Morgan fingerprint density at radius 3 is 2.52 bits per heavy atom. The van der Waals surface area contributed by atoms with E-state index in [-0.39, 0.29) is 24.0 Å². The maximum absolute atomic E-state index is 6.00. The van der Waals surface area contributed by atoms with E-state index in [1.165, 1.54) is 5.56 Å². The average molecular weight is 560 g/mol. The van der Waals surface area contributed by atoms with Gasteiger partial charge in [0.15, 0.2) is 5.96 Å². The van der Waals surface area contributed by atoms with Gasteiger partial charge in [0, 0.05) is 31.7 Å². The highest BCUT2D eigenvalue weighted by Crippen LogP contribution is 2.20. The number of guanidine groups is 1. The monoisotopic (exact) mass is 559 g/mol. The summed E-state index contributed by atoms with van der Waals surface area (Å²) >= 11 is 6.00. The summed E-state index contributed by atoms with van der Waals surface area (Å²) in [5.41, 5.74) is 2.21. The highest BCUT2D eigenvalue weighted by atomic mass is 127. The highest BCUT2D eigenvalue weighted by Gasteiger charge is 2.21. The molecule has 1 fully saturated rings. The zero-order chi connectivity index (χ0) is 21.5. The van der Waals surface area contributed by atoms with Gasteiger partial charge in [0.05, 0.1) is 12.2 Å². The van der Waals surface area contributed by atoms with Crippen molar-refractivity contribution >= 4 is 41.5 Å². The van der Waals surface area contributed by atoms with E-state index in [0.717, 1.165) is 80.4 Å². The molecule has 0 aliphatic carbocycles. The van der Waals surface area contributed by atoms with E-state index >= 15 is 0 Å². The van der Waals surface area contributed by atoms with Gasteiger partial charge in [0.1, 0.15) is 5.76 Å². The first kappa shape index (κ1) is 25.9. The summed E-state index contributed by atoms with van der Waals surface area (Å²) in [5.74, 6) is 3.33. The molecule has 0 radical (unpaired) electrons. The molecule has 1 aromatic carbocycles. The van der Waals surface area contributed by atoms with Gasteiger partial charge < -0.3 is 14.6 Å². The Bertz CT molecular complexity index is 811. The van der Waals surface area contributed by atoms with Crippen LogP contribution in [0.15, 0.2) is 33.7 Å². The Morgan fingerprint density at radius 2 is 1.94 bits per heavy atom. The topological polar surface area (TPSA) is 56.9 Å². The SMILES string of the molecule is CCNC(=NCC1CCN(Cc2nc(C)c(C)o2)CC1)N(C)Cc1ccc(Cl)cc1.I. The second-order valence-corrected chi connectivity index (χ2v) is 8.58. The minimum atomic E-state index is 0. The summed E-state index contributed by atoms with van der Waals surface area (Å²) in [5, 5.41) is 4.19. The minimum absolute atomic E-state index is 0. The number of aliphatic imine (C=N–C) groups is 1. The van der Waals surface area contributed by atoms with Gasteiger partial charge in [0.25, 0.3) is 0 Å². The molecule has 0 bridgehead atoms. The molecular weight excluding hydrogens is 525 g/mol. The molecule has 6 nitrogen and oxygen atoms in total. The van der Waals surface area contributed by atoms with Crippen LogP contribution in [0.1, 0.15) is 42.7 Å². The van der Waals surface area contributed by atoms with Crippen LogP contribution >= 0.6 is 35.6 Å². The first-order valence-electron chi connectivity index (χ1n) is 10.8. The van der Waals surface area contributed by atoms with Gasteiger partial charge in [-0.2, -0.15) is 0 Å². The third-order valence-electron chi connectivity index (χ3n) is 5.67. The van der Waals surface area contributed by atoms with Gasteiger partial charge in [-0.3, -0.25) is 9.89 Å². The lowest BCUT2D eigenvalue weighted by molar-refractivity contribution is 0.166. The maximum atomic E-state index is 6.00. The molecule has 0 atom stereocenters. The van der Waals surface area contributed by atoms with E-state index in [1.54, 1.807) is 0 Å². The number of nitrogens with one attached hydrogen (secondary N) is 1. The van der Waals surface area contributed by atoms with Gasteiger partial charge in [-0.15, -0.1) is 24.0 Å². The maximum Gasteiger partial charge on any atom is 0.208 e. The molecule has 0 saturated carbocycles. The number of hydrogen-bond acceptors (Lipinski definition) is 4. The van der Waals surface area contributed by atoms with Crippen LogP contribution in [-0.4, -0.2) is 54.0 Å². The number of likely N-dealkylation sites (tertiary alicyclic amines) is 1. The number of halogens is 2. The molecule has 1 N–H and O–H groups in total. The summed E-state index contributed by atoms with van der Waals surface area (Å²) in [6.45, 7) is 11.5. The number of aryl methyl sites for hydroxylation is 2. The van der Waals surface area contributed by atoms with Gasteiger partial charge in [-0.05, 0) is 70.3 Å². The first-order chi connectivity index (χ1) is 14.4. The van der Waals surface area contributed by atoms with Crippen LogP contribution < -0.4 is 5.32 Å². The van der Waals surface area contributed by atoms with Crippen molar-refractivity contribution in [2.75, 3.05) is 33.2 Å². The van der Waals surface area contributed by atoms with Gasteiger partial charge in [0.2, 0.25) is 5.89 Å². The molecule has 3 rings (SSSR count). The molecule has 1 aliphatic rings. The van der Waals surface area contributed by atoms with Crippen molar-refractivity contribution in [2.24, 2.45) is 10.9 Å². The fourth-order valence-corrected chi connectivity index (χ4v) is 3.88. The van der Waals surface area contributed by atoms with Crippen molar-refractivity contribution in [3.63, 3.8) is 0 Å². The fraction of sp³-hybridized carbons (Fsp3) is 0.565. The van der Waals surface area contributed by atoms with Crippen LogP contribution in [0.3, 0.4) is 0 Å². The van der Waals surface area contributed by atoms with Crippen molar-refractivity contribution in [2.45, 2.75) is 46.7 Å². The van der Waals surface area contributed by atoms with Crippen LogP contribution in [0.25, 0.3) is 0 Å². The van der Waals surface area contributed by atoms with E-state index in [1.807, 2.05) is 26.0 Å². The number of aromatic nitrogens is 1. The third kappa shape index (κ3) is 7.95. The Kier molecular flexibility index (Phi) is 10.6. The number of oxazole rings is 1. The zero-order valence-corrected chi connectivity index (χ0v) is 22.1. The molecule has 8 heteroatoms. The Morgan fingerprint density at radius 1 is 1.26 bits per heavy atom. The van der Waals surface area contributed by atoms with Crippen molar-refractivity contribution < 1.29 is 4.42 Å². The molecule has 2 aromatic rings. The Hall–Kier alpha value is -1.32. The lowest BCUT2D eigenvalue weighted by Crippen LogP contribution is -2.39. The number of benzene rings is 1. The summed E-state index contributed by atoms with van der Waals surface area (Å²) in [6, 6.07) is 8.00. The van der Waals surface area contributed by atoms with E-state index < -0.39 is 0 Å². The van der Waals surface area contributed by atoms with E-state index in [4.69, 9.17) is 21.0 Å². The molecule has 1 aliphatic heterocycles. The molecule has 1 aromatic heterocycles. The summed E-state index contributed by atoms with van der Waals surface area (Å²) < 4.78 is 5.74. The molecule has 0 amide bonds. The normalized spacial score (nSPS) is 15.6. The van der Waals surface area contributed by atoms with Gasteiger partial charge in [-0.1, -0.05) is 23.7 Å². The Labute approximate surface area is 208 Å². The second-order valence-electron chi connectivity index (χ2n) is 8.15. The number of nitrogens with zero attached hydrogens (tertiary/aromatic N) is 4. The average Bonchev–Trinajstić information content (AvgIpc) is 3.04. The van der Waals surface area contributed by atoms with Crippen LogP contribution in [-0.2, 0) is 13.1 Å². The highest BCUT2D eigenvalue weighted by molar-refractivity contribution is 14.0. The van der Waals surface area contributed by atoms with Crippen molar-refractivity contribution in [3.8, 4) is 0 Å². The van der Waals surface area contributed by atoms with Crippen LogP contribution in [0.2, 0.25) is 5.02 Å².